The maximum Gasteiger partial charge on any atom is 0.406 e. The van der Waals surface area contributed by atoms with Gasteiger partial charge in [-0.15, -0.1) is 0 Å². The van der Waals surface area contributed by atoms with Gasteiger partial charge in [0, 0.05) is 12.5 Å². The second-order valence-corrected chi connectivity index (χ2v) is 3.91. The first-order chi connectivity index (χ1) is 8.17. The first-order valence-corrected chi connectivity index (χ1v) is 5.45. The van der Waals surface area contributed by atoms with E-state index in [4.69, 9.17) is 5.11 Å². The van der Waals surface area contributed by atoms with Crippen LogP contribution in [0.4, 0.5) is 13.2 Å². The quantitative estimate of drug-likeness (QED) is 0.714. The van der Waals surface area contributed by atoms with Crippen molar-refractivity contribution in [2.75, 3.05) is 26.2 Å². The van der Waals surface area contributed by atoms with Crippen molar-refractivity contribution < 1.29 is 27.9 Å². The molecule has 0 radical (unpaired) electrons. The van der Waals surface area contributed by atoms with Crippen LogP contribution in [0.15, 0.2) is 0 Å². The van der Waals surface area contributed by atoms with Gasteiger partial charge in [0.2, 0.25) is 5.91 Å². The Labute approximate surface area is 103 Å². The number of carbonyl (C=O) groups excluding carboxylic acids is 1. The summed E-state index contributed by atoms with van der Waals surface area (Å²) in [5, 5.41) is 11.3. The second kappa shape index (κ2) is 7.20. The SMILES string of the molecule is CCNCC(C)C(=O)N(CC(=O)O)CC(F)(F)F. The molecule has 0 bridgehead atoms. The lowest BCUT2D eigenvalue weighted by Crippen LogP contribution is -2.46. The lowest BCUT2D eigenvalue weighted by molar-refractivity contribution is -0.167. The number of carboxylic acid groups (broad SMARTS) is 1. The van der Waals surface area contributed by atoms with Gasteiger partial charge in [0.1, 0.15) is 13.1 Å². The minimum Gasteiger partial charge on any atom is -0.480 e. The smallest absolute Gasteiger partial charge is 0.406 e. The molecular formula is C10H17F3N2O3. The molecule has 1 amide bonds. The van der Waals surface area contributed by atoms with Gasteiger partial charge in [0.25, 0.3) is 0 Å². The minimum absolute atomic E-state index is 0.212. The lowest BCUT2D eigenvalue weighted by atomic mass is 10.1. The Hall–Kier alpha value is -1.31. The number of hydrogen-bond donors (Lipinski definition) is 2. The average Bonchev–Trinajstić information content (AvgIpc) is 2.21. The van der Waals surface area contributed by atoms with Crippen LogP contribution >= 0.6 is 0 Å². The summed E-state index contributed by atoms with van der Waals surface area (Å²) in [4.78, 5) is 22.5. The van der Waals surface area contributed by atoms with Crippen molar-refractivity contribution in [3.05, 3.63) is 0 Å². The van der Waals surface area contributed by atoms with E-state index in [0.717, 1.165) is 0 Å². The zero-order chi connectivity index (χ0) is 14.3. The predicted octanol–water partition coefficient (Wildman–Crippen LogP) is 0.707. The molecule has 0 aromatic heterocycles. The Morgan fingerprint density at radius 1 is 1.39 bits per heavy atom. The summed E-state index contributed by atoms with van der Waals surface area (Å²) in [6.07, 6.45) is -4.61. The highest BCUT2D eigenvalue weighted by atomic mass is 19.4. The Kier molecular flexibility index (Phi) is 6.67. The van der Waals surface area contributed by atoms with Gasteiger partial charge in [-0.1, -0.05) is 13.8 Å². The maximum atomic E-state index is 12.2. The molecule has 1 unspecified atom stereocenters. The third kappa shape index (κ3) is 7.10. The molecular weight excluding hydrogens is 253 g/mol. The zero-order valence-electron chi connectivity index (χ0n) is 10.3. The van der Waals surface area contributed by atoms with Crippen LogP contribution in [0, 0.1) is 5.92 Å². The molecule has 0 aromatic rings. The summed E-state index contributed by atoms with van der Waals surface area (Å²) in [6, 6.07) is 0. The normalized spacial score (nSPS) is 13.2. The van der Waals surface area contributed by atoms with Crippen LogP contribution in [0.1, 0.15) is 13.8 Å². The van der Waals surface area contributed by atoms with Gasteiger partial charge in [-0.2, -0.15) is 13.2 Å². The number of rotatable bonds is 7. The molecule has 0 aromatic carbocycles. The fourth-order valence-corrected chi connectivity index (χ4v) is 1.35. The minimum atomic E-state index is -4.61. The Bertz CT molecular complexity index is 295. The van der Waals surface area contributed by atoms with Crippen LogP contribution in [0.2, 0.25) is 0 Å². The van der Waals surface area contributed by atoms with Crippen LogP contribution in [-0.4, -0.2) is 54.2 Å². The molecule has 0 aliphatic carbocycles. The fraction of sp³-hybridized carbons (Fsp3) is 0.800. The van der Waals surface area contributed by atoms with E-state index in [1.165, 1.54) is 6.92 Å². The van der Waals surface area contributed by atoms with Gasteiger partial charge in [-0.05, 0) is 6.54 Å². The van der Waals surface area contributed by atoms with Gasteiger partial charge in [0.05, 0.1) is 0 Å². The molecule has 0 heterocycles. The molecule has 18 heavy (non-hydrogen) atoms. The van der Waals surface area contributed by atoms with E-state index >= 15 is 0 Å². The summed E-state index contributed by atoms with van der Waals surface area (Å²) >= 11 is 0. The number of alkyl halides is 3. The number of nitrogens with zero attached hydrogens (tertiary/aromatic N) is 1. The Morgan fingerprint density at radius 2 is 1.94 bits per heavy atom. The molecule has 0 saturated heterocycles. The average molecular weight is 270 g/mol. The topological polar surface area (TPSA) is 69.6 Å². The number of carbonyl (C=O) groups is 2. The third-order valence-corrected chi connectivity index (χ3v) is 2.13. The summed E-state index contributed by atoms with van der Waals surface area (Å²) in [5.74, 6) is -2.99. The molecule has 0 aliphatic rings. The fourth-order valence-electron chi connectivity index (χ4n) is 1.35. The molecule has 0 fully saturated rings. The zero-order valence-corrected chi connectivity index (χ0v) is 10.3. The summed E-state index contributed by atoms with van der Waals surface area (Å²) < 4.78 is 36.7. The van der Waals surface area contributed by atoms with Crippen LogP contribution in [0.25, 0.3) is 0 Å². The van der Waals surface area contributed by atoms with Crippen LogP contribution in [-0.2, 0) is 9.59 Å². The third-order valence-electron chi connectivity index (χ3n) is 2.13. The summed E-state index contributed by atoms with van der Waals surface area (Å²) in [7, 11) is 0. The molecule has 5 nitrogen and oxygen atoms in total. The van der Waals surface area contributed by atoms with Crippen molar-refractivity contribution in [3.63, 3.8) is 0 Å². The van der Waals surface area contributed by atoms with Gasteiger partial charge in [0.15, 0.2) is 0 Å². The van der Waals surface area contributed by atoms with Gasteiger partial charge in [-0.3, -0.25) is 9.59 Å². The number of halogens is 3. The summed E-state index contributed by atoms with van der Waals surface area (Å²) in [5.41, 5.74) is 0. The summed E-state index contributed by atoms with van der Waals surface area (Å²) in [6.45, 7) is 1.54. The standard InChI is InChI=1S/C10H17F3N2O3/c1-3-14-4-7(2)9(18)15(5-8(16)17)6-10(11,12)13/h7,14H,3-6H2,1-2H3,(H,16,17). The number of amides is 1. The predicted molar refractivity (Wildman–Crippen MR) is 58.0 cm³/mol. The van der Waals surface area contributed by atoms with Crippen molar-refractivity contribution >= 4 is 11.9 Å². The molecule has 2 N–H and O–H groups in total. The Morgan fingerprint density at radius 3 is 2.33 bits per heavy atom. The van der Waals surface area contributed by atoms with Crippen LogP contribution in [0.3, 0.4) is 0 Å². The van der Waals surface area contributed by atoms with E-state index in [1.54, 1.807) is 6.92 Å². The largest absolute Gasteiger partial charge is 0.480 e. The molecule has 8 heteroatoms. The van der Waals surface area contributed by atoms with Gasteiger partial charge in [-0.25, -0.2) is 0 Å². The number of aliphatic carboxylic acids is 1. The van der Waals surface area contributed by atoms with Crippen molar-refractivity contribution in [2.45, 2.75) is 20.0 Å². The van der Waals surface area contributed by atoms with Crippen molar-refractivity contribution in [1.82, 2.24) is 10.2 Å². The highest BCUT2D eigenvalue weighted by molar-refractivity contribution is 5.83. The molecule has 0 aliphatic heterocycles. The molecule has 0 spiro atoms. The van der Waals surface area contributed by atoms with Crippen LogP contribution in [0.5, 0.6) is 0 Å². The van der Waals surface area contributed by atoms with E-state index in [0.29, 0.717) is 11.4 Å². The second-order valence-electron chi connectivity index (χ2n) is 3.91. The monoisotopic (exact) mass is 270 g/mol. The number of nitrogens with one attached hydrogen (secondary N) is 1. The van der Waals surface area contributed by atoms with E-state index in [1.807, 2.05) is 0 Å². The van der Waals surface area contributed by atoms with E-state index in [9.17, 15) is 22.8 Å². The van der Waals surface area contributed by atoms with E-state index in [-0.39, 0.29) is 6.54 Å². The number of hydrogen-bond acceptors (Lipinski definition) is 3. The molecule has 106 valence electrons. The lowest BCUT2D eigenvalue weighted by Gasteiger charge is -2.25. The Balaban J connectivity index is 4.63. The highest BCUT2D eigenvalue weighted by Crippen LogP contribution is 2.17. The highest BCUT2D eigenvalue weighted by Gasteiger charge is 2.35. The van der Waals surface area contributed by atoms with Crippen molar-refractivity contribution in [2.24, 2.45) is 5.92 Å². The van der Waals surface area contributed by atoms with Gasteiger partial charge >= 0.3 is 12.1 Å². The van der Waals surface area contributed by atoms with E-state index < -0.39 is 37.1 Å². The van der Waals surface area contributed by atoms with Gasteiger partial charge < -0.3 is 15.3 Å². The number of carboxylic acids is 1. The first kappa shape index (κ1) is 16.7. The molecule has 1 atom stereocenters. The molecule has 0 rings (SSSR count). The van der Waals surface area contributed by atoms with E-state index in [2.05, 4.69) is 5.32 Å². The van der Waals surface area contributed by atoms with Crippen molar-refractivity contribution in [1.29, 1.82) is 0 Å². The van der Waals surface area contributed by atoms with Crippen LogP contribution < -0.4 is 5.32 Å². The molecule has 0 saturated carbocycles. The van der Waals surface area contributed by atoms with Crippen molar-refractivity contribution in [3.8, 4) is 0 Å². The first-order valence-electron chi connectivity index (χ1n) is 5.45. The maximum absolute atomic E-state index is 12.2.